The Balaban J connectivity index is 1.60. The largest absolute Gasteiger partial charge is 0.444 e. The minimum atomic E-state index is -0.985. The topological polar surface area (TPSA) is 70.1 Å². The van der Waals surface area contributed by atoms with Gasteiger partial charge in [-0.05, 0) is 75.1 Å². The summed E-state index contributed by atoms with van der Waals surface area (Å²) < 4.78 is 19.3. The molecule has 0 radical (unpaired) electrons. The van der Waals surface area contributed by atoms with E-state index < -0.39 is 29.3 Å². The van der Waals surface area contributed by atoms with Crippen molar-refractivity contribution in [3.8, 4) is 0 Å². The highest BCUT2D eigenvalue weighted by Gasteiger charge is 2.53. The number of ether oxygens (including phenoxy) is 1. The number of carbonyl (C=O) groups excluding carboxylic acids is 2. The maximum absolute atomic E-state index is 13.8. The van der Waals surface area contributed by atoms with Gasteiger partial charge in [0.2, 0.25) is 5.91 Å². The van der Waals surface area contributed by atoms with Gasteiger partial charge in [0.05, 0.1) is 5.92 Å². The van der Waals surface area contributed by atoms with E-state index in [1.807, 2.05) is 20.8 Å². The molecule has 2 heterocycles. The first-order valence-electron chi connectivity index (χ1n) is 12.1. The average molecular weight is 537 g/mol. The van der Waals surface area contributed by atoms with Crippen LogP contribution in [0.1, 0.15) is 51.2 Å². The fourth-order valence-electron chi connectivity index (χ4n) is 5.37. The van der Waals surface area contributed by atoms with Gasteiger partial charge in [-0.3, -0.25) is 4.79 Å². The van der Waals surface area contributed by atoms with Crippen molar-refractivity contribution in [2.75, 3.05) is 13.1 Å². The van der Waals surface area contributed by atoms with E-state index in [-0.39, 0.29) is 24.7 Å². The number of likely N-dealkylation sites (tertiary alicyclic amines) is 2. The van der Waals surface area contributed by atoms with Crippen LogP contribution < -0.4 is 0 Å². The van der Waals surface area contributed by atoms with E-state index in [1.54, 1.807) is 35.2 Å². The van der Waals surface area contributed by atoms with Crippen molar-refractivity contribution in [3.63, 3.8) is 0 Å². The quantitative estimate of drug-likeness (QED) is 0.538. The van der Waals surface area contributed by atoms with Gasteiger partial charge in [0, 0.05) is 41.5 Å². The Morgan fingerprint density at radius 2 is 1.69 bits per heavy atom. The molecule has 2 aliphatic rings. The molecule has 2 aliphatic heterocycles. The highest BCUT2D eigenvalue weighted by Crippen LogP contribution is 2.48. The molecule has 0 aliphatic carbocycles. The van der Waals surface area contributed by atoms with Crippen molar-refractivity contribution >= 4 is 35.2 Å². The Bertz CT molecular complexity index is 1110. The standard InChI is InChI=1S/C27H31Cl2FN2O4/c1-26(2,3)36-25(35)31-10-8-27(9-11-31,18-4-6-21(30)7-5-18)22-15-23(33)32(24(22)34)16-17-12-19(28)14-20(29)13-17/h4-7,12-14,22-23,33H,8-11,15-16H2,1-3H3. The van der Waals surface area contributed by atoms with Gasteiger partial charge in [0.25, 0.3) is 0 Å². The van der Waals surface area contributed by atoms with Crippen LogP contribution in [0.25, 0.3) is 0 Å². The Hall–Kier alpha value is -2.35. The van der Waals surface area contributed by atoms with Crippen LogP contribution in [0.2, 0.25) is 10.0 Å². The Kier molecular flexibility index (Phi) is 7.56. The second kappa shape index (κ2) is 10.2. The van der Waals surface area contributed by atoms with Gasteiger partial charge < -0.3 is 19.6 Å². The molecule has 2 amide bonds. The molecule has 9 heteroatoms. The van der Waals surface area contributed by atoms with Gasteiger partial charge in [-0.25, -0.2) is 9.18 Å². The number of aliphatic hydroxyl groups excluding tert-OH is 1. The molecular formula is C27H31Cl2FN2O4. The summed E-state index contributed by atoms with van der Waals surface area (Å²) in [6, 6.07) is 11.2. The van der Waals surface area contributed by atoms with E-state index in [9.17, 15) is 19.1 Å². The summed E-state index contributed by atoms with van der Waals surface area (Å²) >= 11 is 12.3. The van der Waals surface area contributed by atoms with E-state index in [1.165, 1.54) is 17.0 Å². The SMILES string of the molecule is CC(C)(C)OC(=O)N1CCC(c2ccc(F)cc2)(C2CC(O)N(Cc3cc(Cl)cc(Cl)c3)C2=O)CC1. The summed E-state index contributed by atoms with van der Waals surface area (Å²) in [5.74, 6) is -1.08. The van der Waals surface area contributed by atoms with Gasteiger partial charge in [-0.15, -0.1) is 0 Å². The molecule has 2 unspecified atom stereocenters. The average Bonchev–Trinajstić information content (AvgIpc) is 3.06. The summed E-state index contributed by atoms with van der Waals surface area (Å²) in [6.07, 6.45) is -0.180. The Morgan fingerprint density at radius 1 is 1.11 bits per heavy atom. The summed E-state index contributed by atoms with van der Waals surface area (Å²) in [5, 5.41) is 11.8. The van der Waals surface area contributed by atoms with Crippen LogP contribution >= 0.6 is 23.2 Å². The van der Waals surface area contributed by atoms with Crippen molar-refractivity contribution < 1.29 is 23.8 Å². The van der Waals surface area contributed by atoms with E-state index >= 15 is 0 Å². The van der Waals surface area contributed by atoms with Crippen LogP contribution in [-0.4, -0.2) is 51.8 Å². The van der Waals surface area contributed by atoms with Gasteiger partial charge in [-0.2, -0.15) is 0 Å². The van der Waals surface area contributed by atoms with Crippen molar-refractivity contribution in [1.82, 2.24) is 9.80 Å². The number of nitrogens with zero attached hydrogens (tertiary/aromatic N) is 2. The molecule has 2 aromatic rings. The van der Waals surface area contributed by atoms with Gasteiger partial charge in [-0.1, -0.05) is 35.3 Å². The normalized spacial score (nSPS) is 22.1. The summed E-state index contributed by atoms with van der Waals surface area (Å²) in [7, 11) is 0. The fourth-order valence-corrected chi connectivity index (χ4v) is 5.94. The molecule has 36 heavy (non-hydrogen) atoms. The molecule has 2 fully saturated rings. The van der Waals surface area contributed by atoms with Crippen LogP contribution in [0, 0.1) is 11.7 Å². The predicted octanol–water partition coefficient (Wildman–Crippen LogP) is 5.77. The first-order valence-corrected chi connectivity index (χ1v) is 12.8. The molecule has 0 spiro atoms. The van der Waals surface area contributed by atoms with Gasteiger partial charge >= 0.3 is 6.09 Å². The smallest absolute Gasteiger partial charge is 0.410 e. The number of halogens is 3. The summed E-state index contributed by atoms with van der Waals surface area (Å²) in [4.78, 5) is 29.5. The lowest BCUT2D eigenvalue weighted by molar-refractivity contribution is -0.138. The molecule has 1 N–H and O–H groups in total. The first-order chi connectivity index (χ1) is 16.9. The number of carbonyl (C=O) groups is 2. The highest BCUT2D eigenvalue weighted by atomic mass is 35.5. The van der Waals surface area contributed by atoms with Crippen LogP contribution in [0.4, 0.5) is 9.18 Å². The molecule has 2 atom stereocenters. The van der Waals surface area contributed by atoms with Gasteiger partial charge in [0.1, 0.15) is 17.6 Å². The lowest BCUT2D eigenvalue weighted by Gasteiger charge is -2.45. The maximum atomic E-state index is 13.8. The second-order valence-corrected chi connectivity index (χ2v) is 11.5. The number of benzene rings is 2. The lowest BCUT2D eigenvalue weighted by atomic mass is 9.63. The summed E-state index contributed by atoms with van der Waals surface area (Å²) in [5.41, 5.74) is 0.269. The first kappa shape index (κ1) is 26.7. The number of amides is 2. The third-order valence-corrected chi connectivity index (χ3v) is 7.49. The van der Waals surface area contributed by atoms with Crippen LogP contribution in [-0.2, 0) is 21.5 Å². The zero-order chi connectivity index (χ0) is 26.3. The Labute approximate surface area is 220 Å². The van der Waals surface area contributed by atoms with E-state index in [0.29, 0.717) is 36.0 Å². The van der Waals surface area contributed by atoms with E-state index in [0.717, 1.165) is 11.1 Å². The molecule has 0 saturated carbocycles. The number of piperidine rings is 1. The third-order valence-electron chi connectivity index (χ3n) is 7.06. The van der Waals surface area contributed by atoms with Crippen LogP contribution in [0.3, 0.4) is 0 Å². The third kappa shape index (κ3) is 5.63. The monoisotopic (exact) mass is 536 g/mol. The predicted molar refractivity (Wildman–Crippen MR) is 136 cm³/mol. The van der Waals surface area contributed by atoms with Crippen molar-refractivity contribution in [1.29, 1.82) is 0 Å². The molecule has 2 aromatic carbocycles. The van der Waals surface area contributed by atoms with E-state index in [4.69, 9.17) is 27.9 Å². The second-order valence-electron chi connectivity index (χ2n) is 10.6. The molecule has 6 nitrogen and oxygen atoms in total. The zero-order valence-electron chi connectivity index (χ0n) is 20.6. The Morgan fingerprint density at radius 3 is 2.25 bits per heavy atom. The number of rotatable bonds is 4. The number of hydrogen-bond acceptors (Lipinski definition) is 4. The zero-order valence-corrected chi connectivity index (χ0v) is 22.2. The van der Waals surface area contributed by atoms with Crippen LogP contribution in [0.15, 0.2) is 42.5 Å². The number of aliphatic hydroxyl groups is 1. The fraction of sp³-hybridized carbons (Fsp3) is 0.481. The number of hydrogen-bond donors (Lipinski definition) is 1. The van der Waals surface area contributed by atoms with E-state index in [2.05, 4.69) is 0 Å². The molecule has 2 saturated heterocycles. The minimum absolute atomic E-state index is 0.167. The minimum Gasteiger partial charge on any atom is -0.444 e. The van der Waals surface area contributed by atoms with Crippen LogP contribution in [0.5, 0.6) is 0 Å². The highest BCUT2D eigenvalue weighted by molar-refractivity contribution is 6.34. The maximum Gasteiger partial charge on any atom is 0.410 e. The van der Waals surface area contributed by atoms with Crippen molar-refractivity contribution in [3.05, 3.63) is 69.5 Å². The molecule has 0 bridgehead atoms. The molecule has 4 rings (SSSR count). The molecule has 194 valence electrons. The van der Waals surface area contributed by atoms with Crippen molar-refractivity contribution in [2.24, 2.45) is 5.92 Å². The molecule has 0 aromatic heterocycles. The van der Waals surface area contributed by atoms with Gasteiger partial charge in [0.15, 0.2) is 0 Å². The van der Waals surface area contributed by atoms with Crippen molar-refractivity contribution in [2.45, 2.75) is 63.8 Å². The molecular weight excluding hydrogens is 506 g/mol. The summed E-state index contributed by atoms with van der Waals surface area (Å²) in [6.45, 7) is 6.39. The lowest BCUT2D eigenvalue weighted by Crippen LogP contribution is -2.51.